The Morgan fingerprint density at radius 2 is 2.00 bits per heavy atom. The third-order valence-corrected chi connectivity index (χ3v) is 2.98. The average molecular weight is 187 g/mol. The maximum absolute atomic E-state index is 4.57. The molecule has 0 aromatic heterocycles. The first-order chi connectivity index (χ1) is 6.66. The summed E-state index contributed by atoms with van der Waals surface area (Å²) in [5.74, 6) is 0.728. The number of aryl methyl sites for hydroxylation is 2. The van der Waals surface area contributed by atoms with Crippen LogP contribution in [0.2, 0.25) is 0 Å². The van der Waals surface area contributed by atoms with Gasteiger partial charge in [0.05, 0.1) is 0 Å². The van der Waals surface area contributed by atoms with Crippen molar-refractivity contribution in [1.82, 2.24) is 0 Å². The first-order valence-electron chi connectivity index (χ1n) is 5.28. The zero-order valence-corrected chi connectivity index (χ0v) is 9.17. The van der Waals surface area contributed by atoms with Crippen molar-refractivity contribution in [2.24, 2.45) is 10.9 Å². The summed E-state index contributed by atoms with van der Waals surface area (Å²) >= 11 is 0. The molecule has 14 heavy (non-hydrogen) atoms. The van der Waals surface area contributed by atoms with E-state index in [1.165, 1.54) is 22.4 Å². The maximum Gasteiger partial charge on any atom is 0.0424 e. The van der Waals surface area contributed by atoms with E-state index in [0.29, 0.717) is 0 Å². The molecule has 74 valence electrons. The number of hydrogen-bond donors (Lipinski definition) is 0. The van der Waals surface area contributed by atoms with E-state index >= 15 is 0 Å². The highest BCUT2D eigenvalue weighted by Gasteiger charge is 2.15. The Morgan fingerprint density at radius 3 is 2.57 bits per heavy atom. The first kappa shape index (κ1) is 9.45. The maximum atomic E-state index is 4.57. The van der Waals surface area contributed by atoms with Crippen LogP contribution in [0, 0.1) is 19.8 Å². The second kappa shape index (κ2) is 3.56. The van der Waals surface area contributed by atoms with Gasteiger partial charge < -0.3 is 0 Å². The summed E-state index contributed by atoms with van der Waals surface area (Å²) in [5, 5.41) is 0. The summed E-state index contributed by atoms with van der Waals surface area (Å²) < 4.78 is 0. The molecule has 0 saturated heterocycles. The quantitative estimate of drug-likeness (QED) is 0.640. The van der Waals surface area contributed by atoms with E-state index in [2.05, 4.69) is 44.0 Å². The van der Waals surface area contributed by atoms with Gasteiger partial charge in [-0.25, -0.2) is 0 Å². The van der Waals surface area contributed by atoms with Crippen LogP contribution in [0.4, 0.5) is 0 Å². The first-order valence-corrected chi connectivity index (χ1v) is 5.28. The standard InChI is InChI=1S/C13H17N/c1-9-6-13(14-8-9)12-5-4-10(2)11(3)7-12/h4-5,7,9H,6,8H2,1-3H3. The highest BCUT2D eigenvalue weighted by atomic mass is 14.8. The van der Waals surface area contributed by atoms with Crippen molar-refractivity contribution in [2.45, 2.75) is 27.2 Å². The van der Waals surface area contributed by atoms with Crippen LogP contribution in [0.5, 0.6) is 0 Å². The summed E-state index contributed by atoms with van der Waals surface area (Å²) in [7, 11) is 0. The predicted molar refractivity (Wildman–Crippen MR) is 61.1 cm³/mol. The Hall–Kier alpha value is -1.11. The molecule has 1 aromatic carbocycles. The van der Waals surface area contributed by atoms with E-state index in [0.717, 1.165) is 18.9 Å². The molecule has 1 heteroatoms. The van der Waals surface area contributed by atoms with Crippen molar-refractivity contribution in [2.75, 3.05) is 6.54 Å². The fourth-order valence-corrected chi connectivity index (χ4v) is 1.86. The van der Waals surface area contributed by atoms with Crippen molar-refractivity contribution >= 4 is 5.71 Å². The van der Waals surface area contributed by atoms with Gasteiger partial charge in [0.1, 0.15) is 0 Å². The van der Waals surface area contributed by atoms with Gasteiger partial charge in [0.2, 0.25) is 0 Å². The Morgan fingerprint density at radius 1 is 1.21 bits per heavy atom. The third kappa shape index (κ3) is 1.72. The molecule has 1 nitrogen and oxygen atoms in total. The Balaban J connectivity index is 2.30. The summed E-state index contributed by atoms with van der Waals surface area (Å²) in [6.07, 6.45) is 1.14. The lowest BCUT2D eigenvalue weighted by molar-refractivity contribution is 0.664. The van der Waals surface area contributed by atoms with Gasteiger partial charge in [-0.3, -0.25) is 4.99 Å². The highest BCUT2D eigenvalue weighted by molar-refractivity contribution is 6.01. The predicted octanol–water partition coefficient (Wildman–Crippen LogP) is 3.13. The molecule has 0 aliphatic carbocycles. The molecule has 0 saturated carbocycles. The van der Waals surface area contributed by atoms with Gasteiger partial charge in [-0.2, -0.15) is 0 Å². The fraction of sp³-hybridized carbons (Fsp3) is 0.462. The summed E-state index contributed by atoms with van der Waals surface area (Å²) in [5.41, 5.74) is 5.34. The smallest absolute Gasteiger partial charge is 0.0424 e. The van der Waals surface area contributed by atoms with Gasteiger partial charge in [0, 0.05) is 12.3 Å². The van der Waals surface area contributed by atoms with Gasteiger partial charge in [-0.15, -0.1) is 0 Å². The van der Waals surface area contributed by atoms with E-state index < -0.39 is 0 Å². The lowest BCUT2D eigenvalue weighted by Crippen LogP contribution is -2.00. The molecule has 1 atom stereocenters. The molecule has 1 aliphatic rings. The molecule has 1 unspecified atom stereocenters. The lowest BCUT2D eigenvalue weighted by Gasteiger charge is -2.05. The van der Waals surface area contributed by atoms with E-state index in [1.54, 1.807) is 0 Å². The van der Waals surface area contributed by atoms with Gasteiger partial charge in [0.25, 0.3) is 0 Å². The van der Waals surface area contributed by atoms with Crippen LogP contribution in [0.1, 0.15) is 30.0 Å². The molecule has 0 fully saturated rings. The molecule has 0 amide bonds. The molecule has 0 bridgehead atoms. The SMILES string of the molecule is Cc1ccc(C2=NCC(C)C2)cc1C. The van der Waals surface area contributed by atoms with Crippen LogP contribution in [0.3, 0.4) is 0 Å². The molecule has 0 N–H and O–H groups in total. The van der Waals surface area contributed by atoms with Crippen LogP contribution in [0.25, 0.3) is 0 Å². The minimum absolute atomic E-state index is 0.728. The molecule has 2 rings (SSSR count). The Labute approximate surface area is 85.9 Å². The van der Waals surface area contributed by atoms with E-state index in [1.807, 2.05) is 0 Å². The zero-order chi connectivity index (χ0) is 10.1. The fourth-order valence-electron chi connectivity index (χ4n) is 1.86. The number of aliphatic imine (C=N–C) groups is 1. The third-order valence-electron chi connectivity index (χ3n) is 2.98. The van der Waals surface area contributed by atoms with E-state index in [4.69, 9.17) is 0 Å². The topological polar surface area (TPSA) is 12.4 Å². The van der Waals surface area contributed by atoms with Gasteiger partial charge in [-0.05, 0) is 48.9 Å². The van der Waals surface area contributed by atoms with Crippen molar-refractivity contribution in [1.29, 1.82) is 0 Å². The van der Waals surface area contributed by atoms with Gasteiger partial charge >= 0.3 is 0 Å². The molecular weight excluding hydrogens is 170 g/mol. The average Bonchev–Trinajstić information content (AvgIpc) is 2.57. The monoisotopic (exact) mass is 187 g/mol. The number of rotatable bonds is 1. The van der Waals surface area contributed by atoms with Crippen LogP contribution in [-0.2, 0) is 0 Å². The molecular formula is C13H17N. The van der Waals surface area contributed by atoms with Crippen molar-refractivity contribution in [3.05, 3.63) is 34.9 Å². The number of hydrogen-bond acceptors (Lipinski definition) is 1. The number of benzene rings is 1. The minimum atomic E-state index is 0.728. The van der Waals surface area contributed by atoms with E-state index in [-0.39, 0.29) is 0 Å². The molecule has 0 radical (unpaired) electrons. The van der Waals surface area contributed by atoms with Gasteiger partial charge in [-0.1, -0.05) is 19.1 Å². The van der Waals surface area contributed by atoms with Crippen LogP contribution >= 0.6 is 0 Å². The Kier molecular flexibility index (Phi) is 2.40. The Bertz CT molecular complexity index is 377. The zero-order valence-electron chi connectivity index (χ0n) is 9.17. The second-order valence-corrected chi connectivity index (χ2v) is 4.40. The molecule has 0 spiro atoms. The van der Waals surface area contributed by atoms with Crippen molar-refractivity contribution < 1.29 is 0 Å². The summed E-state index contributed by atoms with van der Waals surface area (Å²) in [6, 6.07) is 6.64. The summed E-state index contributed by atoms with van der Waals surface area (Å²) in [4.78, 5) is 4.57. The van der Waals surface area contributed by atoms with Crippen molar-refractivity contribution in [3.8, 4) is 0 Å². The summed E-state index contributed by atoms with van der Waals surface area (Å²) in [6.45, 7) is 7.58. The minimum Gasteiger partial charge on any atom is -0.289 e. The molecule has 1 aromatic rings. The van der Waals surface area contributed by atoms with Crippen LogP contribution in [-0.4, -0.2) is 12.3 Å². The second-order valence-electron chi connectivity index (χ2n) is 4.40. The van der Waals surface area contributed by atoms with E-state index in [9.17, 15) is 0 Å². The highest BCUT2D eigenvalue weighted by Crippen LogP contribution is 2.19. The normalized spacial score (nSPS) is 21.1. The van der Waals surface area contributed by atoms with Crippen molar-refractivity contribution in [3.63, 3.8) is 0 Å². The van der Waals surface area contributed by atoms with Gasteiger partial charge in [0.15, 0.2) is 0 Å². The molecule has 1 aliphatic heterocycles. The van der Waals surface area contributed by atoms with Crippen LogP contribution in [0.15, 0.2) is 23.2 Å². The lowest BCUT2D eigenvalue weighted by atomic mass is 9.99. The molecule has 1 heterocycles. The number of nitrogens with zero attached hydrogens (tertiary/aromatic N) is 1. The largest absolute Gasteiger partial charge is 0.289 e. The van der Waals surface area contributed by atoms with Crippen LogP contribution < -0.4 is 0 Å².